The van der Waals surface area contributed by atoms with E-state index in [1.54, 1.807) is 0 Å². The summed E-state index contributed by atoms with van der Waals surface area (Å²) < 4.78 is 9.60. The van der Waals surface area contributed by atoms with E-state index in [0.717, 1.165) is 40.6 Å². The lowest BCUT2D eigenvalue weighted by Crippen LogP contribution is -2.07. The molecule has 0 N–H and O–H groups in total. The van der Waals surface area contributed by atoms with Crippen molar-refractivity contribution in [3.63, 3.8) is 0 Å². The standard InChI is InChI=1S/C14H17ClN4O/c1-4-11-13-14(18(3)17-11)19(12(7-15)16-13)8-10-6-5-9(2)20-10/h5-6H,4,7-8H2,1-3H3. The maximum absolute atomic E-state index is 6.04. The highest BCUT2D eigenvalue weighted by atomic mass is 35.5. The number of rotatable bonds is 4. The van der Waals surface area contributed by atoms with Crippen molar-refractivity contribution in [2.24, 2.45) is 7.05 Å². The lowest BCUT2D eigenvalue weighted by molar-refractivity contribution is 0.468. The molecule has 3 aromatic rings. The van der Waals surface area contributed by atoms with Gasteiger partial charge in [0.25, 0.3) is 0 Å². The highest BCUT2D eigenvalue weighted by Crippen LogP contribution is 2.22. The Bertz CT molecular complexity index is 753. The number of halogens is 1. The number of aromatic nitrogens is 4. The van der Waals surface area contributed by atoms with Crippen molar-refractivity contribution in [3.8, 4) is 0 Å². The van der Waals surface area contributed by atoms with Crippen molar-refractivity contribution in [1.29, 1.82) is 0 Å². The maximum Gasteiger partial charge on any atom is 0.159 e. The van der Waals surface area contributed by atoms with Crippen molar-refractivity contribution >= 4 is 22.8 Å². The minimum absolute atomic E-state index is 0.373. The molecule has 0 amide bonds. The second kappa shape index (κ2) is 4.98. The Morgan fingerprint density at radius 1 is 1.35 bits per heavy atom. The van der Waals surface area contributed by atoms with Crippen LogP contribution in [0, 0.1) is 6.92 Å². The average molecular weight is 293 g/mol. The van der Waals surface area contributed by atoms with Crippen molar-refractivity contribution in [2.45, 2.75) is 32.7 Å². The summed E-state index contributed by atoms with van der Waals surface area (Å²) in [5.41, 5.74) is 2.93. The van der Waals surface area contributed by atoms with Crippen molar-refractivity contribution in [3.05, 3.63) is 35.2 Å². The Morgan fingerprint density at radius 2 is 2.15 bits per heavy atom. The predicted octanol–water partition coefficient (Wildman–Crippen LogP) is 3.02. The molecule has 0 atom stereocenters. The molecule has 0 bridgehead atoms. The minimum Gasteiger partial charge on any atom is -0.464 e. The molecule has 0 fully saturated rings. The third-order valence-corrected chi connectivity index (χ3v) is 3.67. The summed E-state index contributed by atoms with van der Waals surface area (Å²) in [6.07, 6.45) is 0.857. The lowest BCUT2D eigenvalue weighted by Gasteiger charge is -2.06. The number of furan rings is 1. The molecule has 0 spiro atoms. The highest BCUT2D eigenvalue weighted by Gasteiger charge is 2.18. The van der Waals surface area contributed by atoms with E-state index in [4.69, 9.17) is 16.0 Å². The number of fused-ring (bicyclic) bond motifs is 1. The van der Waals surface area contributed by atoms with Crippen LogP contribution in [0.4, 0.5) is 0 Å². The molecule has 3 aromatic heterocycles. The molecule has 6 heteroatoms. The van der Waals surface area contributed by atoms with Gasteiger partial charge in [0.05, 0.1) is 18.1 Å². The zero-order valence-corrected chi connectivity index (χ0v) is 12.6. The van der Waals surface area contributed by atoms with E-state index in [-0.39, 0.29) is 0 Å². The van der Waals surface area contributed by atoms with Gasteiger partial charge in [0, 0.05) is 7.05 Å². The zero-order chi connectivity index (χ0) is 14.3. The molecule has 0 radical (unpaired) electrons. The van der Waals surface area contributed by atoms with Gasteiger partial charge in [0.15, 0.2) is 5.65 Å². The van der Waals surface area contributed by atoms with E-state index in [9.17, 15) is 0 Å². The fourth-order valence-electron chi connectivity index (χ4n) is 2.52. The third-order valence-electron chi connectivity index (χ3n) is 3.43. The van der Waals surface area contributed by atoms with Crippen LogP contribution in [0.15, 0.2) is 16.5 Å². The van der Waals surface area contributed by atoms with E-state index < -0.39 is 0 Å². The Balaban J connectivity index is 2.14. The van der Waals surface area contributed by atoms with Crippen LogP contribution >= 0.6 is 11.6 Å². The summed E-state index contributed by atoms with van der Waals surface area (Å²) in [7, 11) is 1.94. The molecule has 5 nitrogen and oxygen atoms in total. The van der Waals surface area contributed by atoms with Gasteiger partial charge in [-0.25, -0.2) is 4.98 Å². The second-order valence-corrected chi connectivity index (χ2v) is 5.12. The first-order valence-corrected chi connectivity index (χ1v) is 7.19. The molecule has 0 aliphatic rings. The molecule has 0 saturated heterocycles. The second-order valence-electron chi connectivity index (χ2n) is 4.86. The Kier molecular flexibility index (Phi) is 3.30. The van der Waals surface area contributed by atoms with Crippen LogP contribution in [0.3, 0.4) is 0 Å². The molecule has 0 aliphatic carbocycles. The number of hydrogen-bond acceptors (Lipinski definition) is 3. The zero-order valence-electron chi connectivity index (χ0n) is 11.9. The molecule has 3 heterocycles. The molecule has 0 saturated carbocycles. The van der Waals surface area contributed by atoms with Gasteiger partial charge in [-0.05, 0) is 25.5 Å². The van der Waals surface area contributed by atoms with Crippen molar-refractivity contribution in [2.75, 3.05) is 0 Å². The third kappa shape index (κ3) is 2.02. The molecule has 3 rings (SSSR count). The van der Waals surface area contributed by atoms with Crippen LogP contribution in [-0.2, 0) is 25.9 Å². The lowest BCUT2D eigenvalue weighted by atomic mass is 10.3. The highest BCUT2D eigenvalue weighted by molar-refractivity contribution is 6.16. The van der Waals surface area contributed by atoms with E-state index in [2.05, 4.69) is 21.6 Å². The topological polar surface area (TPSA) is 48.8 Å². The van der Waals surface area contributed by atoms with E-state index >= 15 is 0 Å². The number of aryl methyl sites for hydroxylation is 3. The van der Waals surface area contributed by atoms with E-state index in [1.165, 1.54) is 0 Å². The van der Waals surface area contributed by atoms with Crippen molar-refractivity contribution in [1.82, 2.24) is 19.3 Å². The predicted molar refractivity (Wildman–Crippen MR) is 78.0 cm³/mol. The first kappa shape index (κ1) is 13.2. The SMILES string of the molecule is CCc1nn(C)c2c1nc(CCl)n2Cc1ccc(C)o1. The largest absolute Gasteiger partial charge is 0.464 e. The molecule has 0 aliphatic heterocycles. The van der Waals surface area contributed by atoms with Gasteiger partial charge in [-0.15, -0.1) is 11.6 Å². The van der Waals surface area contributed by atoms with Gasteiger partial charge in [0.2, 0.25) is 0 Å². The average Bonchev–Trinajstić information content (AvgIpc) is 3.07. The minimum atomic E-state index is 0.373. The number of imidazole rings is 1. The van der Waals surface area contributed by atoms with Gasteiger partial charge in [0.1, 0.15) is 22.9 Å². The maximum atomic E-state index is 6.04. The molecule has 20 heavy (non-hydrogen) atoms. The Morgan fingerprint density at radius 3 is 2.75 bits per heavy atom. The van der Waals surface area contributed by atoms with Gasteiger partial charge in [-0.3, -0.25) is 4.68 Å². The monoisotopic (exact) mass is 292 g/mol. The molecular weight excluding hydrogens is 276 g/mol. The normalized spacial score (nSPS) is 11.6. The van der Waals surface area contributed by atoms with Crippen LogP contribution in [0.2, 0.25) is 0 Å². The smallest absolute Gasteiger partial charge is 0.159 e. The number of alkyl halides is 1. The fraction of sp³-hybridized carbons (Fsp3) is 0.429. The van der Waals surface area contributed by atoms with Gasteiger partial charge < -0.3 is 8.98 Å². The Labute approximate surface area is 122 Å². The number of hydrogen-bond donors (Lipinski definition) is 0. The molecule has 0 unspecified atom stereocenters. The Hall–Kier alpha value is -1.75. The molecule has 106 valence electrons. The summed E-state index contributed by atoms with van der Waals surface area (Å²) in [6, 6.07) is 3.95. The quantitative estimate of drug-likeness (QED) is 0.695. The first-order valence-electron chi connectivity index (χ1n) is 6.66. The summed E-state index contributed by atoms with van der Waals surface area (Å²) >= 11 is 6.04. The van der Waals surface area contributed by atoms with Gasteiger partial charge in [-0.2, -0.15) is 5.10 Å². The van der Waals surface area contributed by atoms with Crippen LogP contribution in [0.25, 0.3) is 11.2 Å². The van der Waals surface area contributed by atoms with Crippen LogP contribution in [0.5, 0.6) is 0 Å². The fourth-order valence-corrected chi connectivity index (χ4v) is 2.72. The molecular formula is C14H17ClN4O. The van der Waals surface area contributed by atoms with E-state index in [1.807, 2.05) is 30.8 Å². The summed E-state index contributed by atoms with van der Waals surface area (Å²) in [5, 5.41) is 4.51. The van der Waals surface area contributed by atoms with Crippen LogP contribution < -0.4 is 0 Å². The summed E-state index contributed by atoms with van der Waals surface area (Å²) in [6.45, 7) is 4.64. The first-order chi connectivity index (χ1) is 9.63. The summed E-state index contributed by atoms with van der Waals surface area (Å²) in [4.78, 5) is 4.63. The van der Waals surface area contributed by atoms with Gasteiger partial charge >= 0.3 is 0 Å². The van der Waals surface area contributed by atoms with Crippen molar-refractivity contribution < 1.29 is 4.42 Å². The van der Waals surface area contributed by atoms with E-state index in [0.29, 0.717) is 12.4 Å². The summed E-state index contributed by atoms with van der Waals surface area (Å²) in [5.74, 6) is 3.02. The number of nitrogens with zero attached hydrogens (tertiary/aromatic N) is 4. The van der Waals surface area contributed by atoms with Crippen LogP contribution in [-0.4, -0.2) is 19.3 Å². The van der Waals surface area contributed by atoms with Gasteiger partial charge in [-0.1, -0.05) is 6.92 Å². The molecule has 0 aromatic carbocycles. The van der Waals surface area contributed by atoms with Crippen LogP contribution in [0.1, 0.15) is 30.0 Å².